The maximum Gasteiger partial charge on any atom is 0.322 e. The van der Waals surface area contributed by atoms with Crippen LogP contribution in [0.4, 0.5) is 0 Å². The Kier molecular flexibility index (Phi) is 4.99. The van der Waals surface area contributed by atoms with E-state index in [0.717, 1.165) is 39.2 Å². The fraction of sp³-hybridized carbons (Fsp3) is 0.120. The summed E-state index contributed by atoms with van der Waals surface area (Å²) in [6.07, 6.45) is 12.0. The van der Waals surface area contributed by atoms with Crippen LogP contribution in [-0.2, 0) is 7.05 Å². The van der Waals surface area contributed by atoms with Gasteiger partial charge in [-0.25, -0.2) is 24.9 Å². The summed E-state index contributed by atoms with van der Waals surface area (Å²) in [5.41, 5.74) is 6.50. The molecule has 0 aliphatic carbocycles. The summed E-state index contributed by atoms with van der Waals surface area (Å²) in [6, 6.07) is 9.87. The monoisotopic (exact) mass is 433 g/mol. The van der Waals surface area contributed by atoms with Gasteiger partial charge in [-0.1, -0.05) is 12.1 Å². The number of aryl methyl sites for hydroxylation is 3. The zero-order chi connectivity index (χ0) is 22.9. The number of nitrogens with zero attached hydrogens (tertiary/aromatic N) is 7. The maximum atomic E-state index is 5.81. The van der Waals surface area contributed by atoms with E-state index in [1.165, 1.54) is 0 Å². The van der Waals surface area contributed by atoms with Crippen LogP contribution < -0.4 is 4.74 Å². The Bertz CT molecular complexity index is 1510. The van der Waals surface area contributed by atoms with Crippen LogP contribution >= 0.6 is 0 Å². The predicted octanol–water partition coefficient (Wildman–Crippen LogP) is 4.27. The Morgan fingerprint density at radius 1 is 0.939 bits per heavy atom. The molecule has 0 aliphatic rings. The highest BCUT2D eigenvalue weighted by Crippen LogP contribution is 2.40. The molecule has 160 valence electrons. The molecule has 0 atom stereocenters. The smallest absolute Gasteiger partial charge is 0.322 e. The zero-order valence-electron chi connectivity index (χ0n) is 18.3. The van der Waals surface area contributed by atoms with E-state index in [1.807, 2.05) is 55.8 Å². The molecule has 4 aromatic heterocycles. The fourth-order valence-corrected chi connectivity index (χ4v) is 3.78. The van der Waals surface area contributed by atoms with E-state index in [-0.39, 0.29) is 0 Å². The molecule has 5 aromatic rings. The Balaban J connectivity index is 1.64. The van der Waals surface area contributed by atoms with Gasteiger partial charge < -0.3 is 9.30 Å². The molecule has 0 bridgehead atoms. The van der Waals surface area contributed by atoms with Gasteiger partial charge >= 0.3 is 6.01 Å². The lowest BCUT2D eigenvalue weighted by atomic mass is 10.0. The van der Waals surface area contributed by atoms with Crippen LogP contribution in [0.5, 0.6) is 11.8 Å². The van der Waals surface area contributed by atoms with Crippen LogP contribution in [0.3, 0.4) is 0 Å². The molecule has 4 heterocycles. The van der Waals surface area contributed by atoms with Crippen molar-refractivity contribution in [3.05, 3.63) is 72.3 Å². The van der Waals surface area contributed by atoms with Crippen LogP contribution in [0.15, 0.2) is 55.2 Å². The molecule has 5 rings (SSSR count). The molecular weight excluding hydrogens is 414 g/mol. The highest BCUT2D eigenvalue weighted by atomic mass is 16.5. The SMILES string of the molecule is C#Cc1cnc(-c2c(-c3ccc(Oc4nccc(C)n4)cc3)c3c(C)ncnc3n2C)cn1. The molecule has 0 saturated carbocycles. The molecule has 33 heavy (non-hydrogen) atoms. The van der Waals surface area contributed by atoms with Crippen molar-refractivity contribution in [2.75, 3.05) is 0 Å². The summed E-state index contributed by atoms with van der Waals surface area (Å²) < 4.78 is 7.82. The highest BCUT2D eigenvalue weighted by Gasteiger charge is 2.22. The van der Waals surface area contributed by atoms with Gasteiger partial charge in [0.15, 0.2) is 0 Å². The van der Waals surface area contributed by atoms with Gasteiger partial charge in [-0.3, -0.25) is 4.98 Å². The van der Waals surface area contributed by atoms with Crippen molar-refractivity contribution in [3.63, 3.8) is 0 Å². The minimum atomic E-state index is 0.307. The number of ether oxygens (including phenoxy) is 1. The maximum absolute atomic E-state index is 5.81. The topological polar surface area (TPSA) is 91.5 Å². The van der Waals surface area contributed by atoms with Crippen molar-refractivity contribution >= 4 is 11.0 Å². The Morgan fingerprint density at radius 3 is 2.45 bits per heavy atom. The first kappa shape index (κ1) is 20.3. The average Bonchev–Trinajstić information content (AvgIpc) is 3.13. The van der Waals surface area contributed by atoms with Crippen LogP contribution in [-0.4, -0.2) is 34.5 Å². The second kappa shape index (κ2) is 8.13. The summed E-state index contributed by atoms with van der Waals surface area (Å²) in [5.74, 6) is 3.14. The Hall–Kier alpha value is -4.64. The van der Waals surface area contributed by atoms with Crippen LogP contribution in [0.1, 0.15) is 17.1 Å². The molecule has 0 saturated heterocycles. The lowest BCUT2D eigenvalue weighted by molar-refractivity contribution is 0.440. The van der Waals surface area contributed by atoms with E-state index in [0.29, 0.717) is 23.1 Å². The summed E-state index contributed by atoms with van der Waals surface area (Å²) in [7, 11) is 1.96. The Labute approximate surface area is 190 Å². The summed E-state index contributed by atoms with van der Waals surface area (Å²) >= 11 is 0. The first-order valence-electron chi connectivity index (χ1n) is 10.2. The van der Waals surface area contributed by atoms with E-state index < -0.39 is 0 Å². The quantitative estimate of drug-likeness (QED) is 0.391. The van der Waals surface area contributed by atoms with Gasteiger partial charge in [0.2, 0.25) is 0 Å². The average molecular weight is 433 g/mol. The van der Waals surface area contributed by atoms with Gasteiger partial charge in [0.25, 0.3) is 0 Å². The molecule has 8 heteroatoms. The number of fused-ring (bicyclic) bond motifs is 1. The van der Waals surface area contributed by atoms with Crippen molar-refractivity contribution in [3.8, 4) is 46.6 Å². The summed E-state index contributed by atoms with van der Waals surface area (Å²) in [5, 5.41) is 0.952. The van der Waals surface area contributed by atoms with Gasteiger partial charge in [-0.15, -0.1) is 6.42 Å². The zero-order valence-corrected chi connectivity index (χ0v) is 18.3. The van der Waals surface area contributed by atoms with Crippen molar-refractivity contribution in [2.24, 2.45) is 7.05 Å². The normalized spacial score (nSPS) is 10.8. The standard InChI is InChI=1S/C25H19N7O/c1-5-18-12-28-20(13-27-18)23-22(21-16(3)29-14-30-24(21)32(23)4)17-6-8-19(9-7-17)33-25-26-11-10-15(2)31-25/h1,6-14H,2-4H3. The highest BCUT2D eigenvalue weighted by molar-refractivity contribution is 6.03. The molecule has 0 fully saturated rings. The minimum absolute atomic E-state index is 0.307. The summed E-state index contributed by atoms with van der Waals surface area (Å²) in [6.45, 7) is 3.86. The molecule has 0 amide bonds. The second-order valence-electron chi connectivity index (χ2n) is 7.48. The van der Waals surface area contributed by atoms with E-state index in [9.17, 15) is 0 Å². The third-order valence-electron chi connectivity index (χ3n) is 5.32. The first-order valence-corrected chi connectivity index (χ1v) is 10.2. The molecular formula is C25H19N7O. The lowest BCUT2D eigenvalue weighted by Gasteiger charge is -2.09. The van der Waals surface area contributed by atoms with E-state index in [4.69, 9.17) is 11.2 Å². The third kappa shape index (κ3) is 3.66. The lowest BCUT2D eigenvalue weighted by Crippen LogP contribution is -1.97. The second-order valence-corrected chi connectivity index (χ2v) is 7.48. The molecule has 0 unspecified atom stereocenters. The van der Waals surface area contributed by atoms with Crippen molar-refractivity contribution in [1.82, 2.24) is 34.5 Å². The molecule has 0 radical (unpaired) electrons. The number of rotatable bonds is 4. The van der Waals surface area contributed by atoms with E-state index in [1.54, 1.807) is 24.9 Å². The fourth-order valence-electron chi connectivity index (χ4n) is 3.78. The number of hydrogen-bond donors (Lipinski definition) is 0. The van der Waals surface area contributed by atoms with Crippen molar-refractivity contribution in [1.29, 1.82) is 0 Å². The van der Waals surface area contributed by atoms with Crippen molar-refractivity contribution < 1.29 is 4.74 Å². The molecule has 0 N–H and O–H groups in total. The van der Waals surface area contributed by atoms with Crippen LogP contribution in [0, 0.1) is 26.2 Å². The van der Waals surface area contributed by atoms with Crippen LogP contribution in [0.25, 0.3) is 33.5 Å². The molecule has 0 aliphatic heterocycles. The van der Waals surface area contributed by atoms with Gasteiger partial charge in [0, 0.05) is 29.9 Å². The van der Waals surface area contributed by atoms with Gasteiger partial charge in [0.1, 0.15) is 29.1 Å². The minimum Gasteiger partial charge on any atom is -0.424 e. The molecule has 1 aromatic carbocycles. The number of terminal acetylenes is 1. The number of hydrogen-bond acceptors (Lipinski definition) is 7. The van der Waals surface area contributed by atoms with Gasteiger partial charge in [-0.05, 0) is 43.5 Å². The number of benzene rings is 1. The Morgan fingerprint density at radius 2 is 1.76 bits per heavy atom. The van der Waals surface area contributed by atoms with E-state index >= 15 is 0 Å². The summed E-state index contributed by atoms with van der Waals surface area (Å²) in [4.78, 5) is 26.3. The molecule has 8 nitrogen and oxygen atoms in total. The molecule has 0 spiro atoms. The predicted molar refractivity (Wildman–Crippen MR) is 124 cm³/mol. The number of aromatic nitrogens is 7. The first-order chi connectivity index (χ1) is 16.0. The van der Waals surface area contributed by atoms with Crippen molar-refractivity contribution in [2.45, 2.75) is 13.8 Å². The van der Waals surface area contributed by atoms with Crippen LogP contribution in [0.2, 0.25) is 0 Å². The largest absolute Gasteiger partial charge is 0.424 e. The van der Waals surface area contributed by atoms with Gasteiger partial charge in [0.05, 0.1) is 23.8 Å². The third-order valence-corrected chi connectivity index (χ3v) is 5.32. The van der Waals surface area contributed by atoms with Gasteiger partial charge in [-0.2, -0.15) is 0 Å². The van der Waals surface area contributed by atoms with E-state index in [2.05, 4.69) is 35.8 Å².